The number of fused-ring (bicyclic) bond motifs is 1. The summed E-state index contributed by atoms with van der Waals surface area (Å²) in [4.78, 5) is 18.0. The van der Waals surface area contributed by atoms with Crippen LogP contribution in [0.1, 0.15) is 36.1 Å². The van der Waals surface area contributed by atoms with Crippen LogP contribution in [0.4, 0.5) is 0 Å². The normalized spacial score (nSPS) is 11.0. The number of aromatic nitrogens is 7. The van der Waals surface area contributed by atoms with Crippen molar-refractivity contribution < 1.29 is 0 Å². The van der Waals surface area contributed by atoms with Crippen molar-refractivity contribution in [2.24, 2.45) is 0 Å². The first-order valence-corrected chi connectivity index (χ1v) is 8.78. The minimum Gasteiger partial charge on any atom is -0.324 e. The molecule has 0 spiro atoms. The molecule has 4 aromatic heterocycles. The Labute approximate surface area is 156 Å². The SMILES string of the molecule is CCCc1c(Cn2ccnc2-c2cccc(C#N)n2)ncn2nc(C)nc12. The summed E-state index contributed by atoms with van der Waals surface area (Å²) in [5.74, 6) is 1.43. The summed E-state index contributed by atoms with van der Waals surface area (Å²) in [6.07, 6.45) is 7.19. The van der Waals surface area contributed by atoms with Crippen LogP contribution in [0, 0.1) is 18.3 Å². The quantitative estimate of drug-likeness (QED) is 0.544. The van der Waals surface area contributed by atoms with Crippen molar-refractivity contribution in [1.82, 2.24) is 34.1 Å². The third kappa shape index (κ3) is 3.15. The molecular formula is C19H18N8. The third-order valence-electron chi connectivity index (χ3n) is 4.31. The predicted molar refractivity (Wildman–Crippen MR) is 98.8 cm³/mol. The molecule has 0 saturated heterocycles. The van der Waals surface area contributed by atoms with Crippen molar-refractivity contribution in [1.29, 1.82) is 5.26 Å². The van der Waals surface area contributed by atoms with Crippen molar-refractivity contribution in [2.45, 2.75) is 33.2 Å². The number of aryl methyl sites for hydroxylation is 2. The zero-order valence-corrected chi connectivity index (χ0v) is 15.2. The smallest absolute Gasteiger partial charge is 0.162 e. The van der Waals surface area contributed by atoms with Gasteiger partial charge in [0.2, 0.25) is 0 Å². The second-order valence-corrected chi connectivity index (χ2v) is 6.25. The van der Waals surface area contributed by atoms with E-state index >= 15 is 0 Å². The van der Waals surface area contributed by atoms with Gasteiger partial charge in [-0.3, -0.25) is 0 Å². The molecule has 0 aliphatic heterocycles. The van der Waals surface area contributed by atoms with E-state index in [1.54, 1.807) is 23.1 Å². The summed E-state index contributed by atoms with van der Waals surface area (Å²) in [6, 6.07) is 7.41. The lowest BCUT2D eigenvalue weighted by molar-refractivity contribution is 0.742. The lowest BCUT2D eigenvalue weighted by Gasteiger charge is -2.11. The van der Waals surface area contributed by atoms with Crippen LogP contribution >= 0.6 is 0 Å². The number of rotatable bonds is 5. The highest BCUT2D eigenvalue weighted by atomic mass is 15.3. The van der Waals surface area contributed by atoms with Gasteiger partial charge in [-0.1, -0.05) is 19.4 Å². The molecule has 134 valence electrons. The van der Waals surface area contributed by atoms with Gasteiger partial charge in [0.25, 0.3) is 0 Å². The summed E-state index contributed by atoms with van der Waals surface area (Å²) in [6.45, 7) is 4.56. The van der Waals surface area contributed by atoms with E-state index in [9.17, 15) is 0 Å². The first-order valence-electron chi connectivity index (χ1n) is 8.78. The number of imidazole rings is 1. The zero-order chi connectivity index (χ0) is 18.8. The minimum absolute atomic E-state index is 0.368. The summed E-state index contributed by atoms with van der Waals surface area (Å²) in [5.41, 5.74) is 3.92. The highest BCUT2D eigenvalue weighted by Crippen LogP contribution is 2.20. The van der Waals surface area contributed by atoms with Crippen LogP contribution in [0.3, 0.4) is 0 Å². The lowest BCUT2D eigenvalue weighted by Crippen LogP contribution is -2.09. The standard InChI is InChI=1S/C19H18N8/c1-3-5-15-17(22-12-27-18(15)23-13(2)25-27)11-26-9-8-21-19(26)16-7-4-6-14(10-20)24-16/h4,6-9,12H,3,5,11H2,1-2H3. The summed E-state index contributed by atoms with van der Waals surface area (Å²) in [7, 11) is 0. The second-order valence-electron chi connectivity index (χ2n) is 6.25. The first-order chi connectivity index (χ1) is 13.2. The summed E-state index contributed by atoms with van der Waals surface area (Å²) >= 11 is 0. The highest BCUT2D eigenvalue weighted by Gasteiger charge is 2.15. The third-order valence-corrected chi connectivity index (χ3v) is 4.31. The Balaban J connectivity index is 1.76. The molecule has 4 heterocycles. The second kappa shape index (κ2) is 6.96. The van der Waals surface area contributed by atoms with Gasteiger partial charge in [-0.15, -0.1) is 0 Å². The molecule has 0 unspecified atom stereocenters. The maximum atomic E-state index is 9.10. The molecule has 0 aliphatic carbocycles. The van der Waals surface area contributed by atoms with E-state index in [1.165, 1.54) is 0 Å². The molecule has 0 bridgehead atoms. The summed E-state index contributed by atoms with van der Waals surface area (Å²) in [5, 5.41) is 13.5. The Morgan fingerprint density at radius 3 is 2.89 bits per heavy atom. The fourth-order valence-corrected chi connectivity index (χ4v) is 3.14. The topological polar surface area (TPSA) is 97.6 Å². The van der Waals surface area contributed by atoms with E-state index in [1.807, 2.05) is 29.8 Å². The van der Waals surface area contributed by atoms with Crippen molar-refractivity contribution in [3.63, 3.8) is 0 Å². The maximum Gasteiger partial charge on any atom is 0.162 e. The zero-order valence-electron chi connectivity index (χ0n) is 15.2. The molecule has 4 rings (SSSR count). The van der Waals surface area contributed by atoms with Crippen LogP contribution in [0.25, 0.3) is 17.2 Å². The average Bonchev–Trinajstić information content (AvgIpc) is 3.29. The van der Waals surface area contributed by atoms with Gasteiger partial charge in [-0.25, -0.2) is 24.5 Å². The summed E-state index contributed by atoms with van der Waals surface area (Å²) < 4.78 is 3.72. The van der Waals surface area contributed by atoms with E-state index in [0.717, 1.165) is 35.6 Å². The number of nitriles is 1. The fraction of sp³-hybridized carbons (Fsp3) is 0.263. The Morgan fingerprint density at radius 1 is 1.19 bits per heavy atom. The molecule has 4 aromatic rings. The maximum absolute atomic E-state index is 9.10. The van der Waals surface area contributed by atoms with Crippen LogP contribution in [0.15, 0.2) is 36.9 Å². The molecule has 0 amide bonds. The van der Waals surface area contributed by atoms with Crippen LogP contribution in [-0.2, 0) is 13.0 Å². The average molecular weight is 358 g/mol. The highest BCUT2D eigenvalue weighted by molar-refractivity contribution is 5.52. The van der Waals surface area contributed by atoms with Crippen molar-refractivity contribution in [2.75, 3.05) is 0 Å². The molecule has 0 radical (unpaired) electrons. The first kappa shape index (κ1) is 16.8. The number of hydrogen-bond acceptors (Lipinski definition) is 6. The molecular weight excluding hydrogens is 340 g/mol. The molecule has 0 aromatic carbocycles. The van der Waals surface area contributed by atoms with Gasteiger partial charge in [-0.05, 0) is 25.5 Å². The van der Waals surface area contributed by atoms with Gasteiger partial charge in [-0.2, -0.15) is 10.4 Å². The fourth-order valence-electron chi connectivity index (χ4n) is 3.14. The Morgan fingerprint density at radius 2 is 2.07 bits per heavy atom. The van der Waals surface area contributed by atoms with E-state index < -0.39 is 0 Å². The Hall–Kier alpha value is -3.60. The van der Waals surface area contributed by atoms with Gasteiger partial charge in [0.05, 0.1) is 12.2 Å². The molecule has 27 heavy (non-hydrogen) atoms. The molecule has 0 saturated carbocycles. The van der Waals surface area contributed by atoms with Crippen LogP contribution in [-0.4, -0.2) is 34.1 Å². The van der Waals surface area contributed by atoms with E-state index in [0.29, 0.717) is 23.8 Å². The van der Waals surface area contributed by atoms with Gasteiger partial charge >= 0.3 is 0 Å². The van der Waals surface area contributed by atoms with Gasteiger partial charge in [0.1, 0.15) is 29.6 Å². The predicted octanol–water partition coefficient (Wildman–Crippen LogP) is 2.56. The van der Waals surface area contributed by atoms with E-state index in [2.05, 4.69) is 38.0 Å². The van der Waals surface area contributed by atoms with Crippen molar-refractivity contribution in [3.05, 3.63) is 59.7 Å². The Kier molecular flexibility index (Phi) is 4.34. The monoisotopic (exact) mass is 358 g/mol. The number of hydrogen-bond donors (Lipinski definition) is 0. The van der Waals surface area contributed by atoms with E-state index in [-0.39, 0.29) is 0 Å². The van der Waals surface area contributed by atoms with Crippen LogP contribution < -0.4 is 0 Å². The molecule has 0 aliphatic rings. The Bertz CT molecular complexity index is 1150. The molecule has 0 N–H and O–H groups in total. The number of nitrogens with zero attached hydrogens (tertiary/aromatic N) is 8. The molecule has 8 nitrogen and oxygen atoms in total. The lowest BCUT2D eigenvalue weighted by atomic mass is 10.1. The van der Waals surface area contributed by atoms with Gasteiger partial charge in [0.15, 0.2) is 11.5 Å². The number of pyridine rings is 1. The molecule has 8 heteroatoms. The van der Waals surface area contributed by atoms with Crippen molar-refractivity contribution in [3.8, 4) is 17.6 Å². The van der Waals surface area contributed by atoms with E-state index in [4.69, 9.17) is 5.26 Å². The van der Waals surface area contributed by atoms with Gasteiger partial charge < -0.3 is 4.57 Å². The molecule has 0 fully saturated rings. The minimum atomic E-state index is 0.368. The van der Waals surface area contributed by atoms with Crippen LogP contribution in [0.5, 0.6) is 0 Å². The largest absolute Gasteiger partial charge is 0.324 e. The molecule has 0 atom stereocenters. The van der Waals surface area contributed by atoms with Gasteiger partial charge in [0, 0.05) is 18.0 Å². The van der Waals surface area contributed by atoms with Crippen LogP contribution in [0.2, 0.25) is 0 Å². The van der Waals surface area contributed by atoms with Crippen molar-refractivity contribution >= 4 is 5.65 Å².